The second-order valence-electron chi connectivity index (χ2n) is 17.2. The van der Waals surface area contributed by atoms with Gasteiger partial charge in [0.15, 0.2) is 0 Å². The van der Waals surface area contributed by atoms with Gasteiger partial charge in [0.25, 0.3) is 0 Å². The smallest absolute Gasteiger partial charge is 0.0264 e. The fourth-order valence-electron chi connectivity index (χ4n) is 10.3. The monoisotopic (exact) mass is 470 g/mol. The molecule has 0 aromatic rings. The van der Waals surface area contributed by atoms with Crippen molar-refractivity contribution in [3.05, 3.63) is 0 Å². The van der Waals surface area contributed by atoms with Crippen molar-refractivity contribution < 1.29 is 0 Å². The summed E-state index contributed by atoms with van der Waals surface area (Å²) < 4.78 is 0. The molecule has 0 amide bonds. The molecule has 4 aliphatic rings. The number of hydrogen-bond acceptors (Lipinski definition) is 0. The molecule has 34 heavy (non-hydrogen) atoms. The van der Waals surface area contributed by atoms with Crippen LogP contribution >= 0.6 is 0 Å². The maximum absolute atomic E-state index is 2.77. The van der Waals surface area contributed by atoms with E-state index in [9.17, 15) is 0 Å². The lowest BCUT2D eigenvalue weighted by Gasteiger charge is -2.64. The van der Waals surface area contributed by atoms with Gasteiger partial charge < -0.3 is 0 Å². The van der Waals surface area contributed by atoms with E-state index in [1.807, 2.05) is 0 Å². The average Bonchev–Trinajstić information content (AvgIpc) is 3.08. The summed E-state index contributed by atoms with van der Waals surface area (Å²) in [4.78, 5) is 0. The molecule has 0 bridgehead atoms. The lowest BCUT2D eigenvalue weighted by molar-refractivity contribution is -0.145. The molecule has 0 nitrogen and oxygen atoms in total. The second kappa shape index (κ2) is 8.79. The molecule has 0 spiro atoms. The van der Waals surface area contributed by atoms with Gasteiger partial charge in [-0.25, -0.2) is 0 Å². The molecule has 4 saturated carbocycles. The molecule has 0 unspecified atom stereocenters. The zero-order valence-electron chi connectivity index (χ0n) is 25.3. The summed E-state index contributed by atoms with van der Waals surface area (Å²) in [7, 11) is 0. The van der Waals surface area contributed by atoms with Crippen molar-refractivity contribution in [3.8, 4) is 0 Å². The molecule has 0 aromatic heterocycles. The van der Waals surface area contributed by atoms with Gasteiger partial charge >= 0.3 is 0 Å². The van der Waals surface area contributed by atoms with Crippen LogP contribution in [0.15, 0.2) is 0 Å². The Kier molecular flexibility index (Phi) is 6.99. The van der Waals surface area contributed by atoms with Crippen LogP contribution in [-0.2, 0) is 0 Å². The molecule has 10 atom stereocenters. The molecule has 198 valence electrons. The molecule has 0 heteroatoms. The lowest BCUT2D eigenvalue weighted by atomic mass is 9.41. The highest BCUT2D eigenvalue weighted by Gasteiger charge is 2.62. The Bertz CT molecular complexity index is 719. The molecule has 4 fully saturated rings. The Morgan fingerprint density at radius 2 is 1.35 bits per heavy atom. The van der Waals surface area contributed by atoms with Crippen molar-refractivity contribution in [2.45, 2.75) is 147 Å². The summed E-state index contributed by atoms with van der Waals surface area (Å²) in [6.07, 6.45) is 16.5. The van der Waals surface area contributed by atoms with Crippen LogP contribution in [0.3, 0.4) is 0 Å². The molecular formula is C34H62. The van der Waals surface area contributed by atoms with Crippen LogP contribution in [0, 0.1) is 68.5 Å². The van der Waals surface area contributed by atoms with Crippen LogP contribution in [0.1, 0.15) is 147 Å². The van der Waals surface area contributed by atoms with E-state index in [1.165, 1.54) is 51.4 Å². The third kappa shape index (κ3) is 4.36. The van der Waals surface area contributed by atoms with E-state index in [0.29, 0.717) is 27.1 Å². The fraction of sp³-hybridized carbons (Fsp3) is 1.00. The second-order valence-corrected chi connectivity index (χ2v) is 17.2. The van der Waals surface area contributed by atoms with Crippen LogP contribution in [0.4, 0.5) is 0 Å². The highest BCUT2D eigenvalue weighted by atomic mass is 14.7. The molecule has 4 rings (SSSR count). The van der Waals surface area contributed by atoms with Crippen LogP contribution in [0.2, 0.25) is 0 Å². The highest BCUT2D eigenvalue weighted by molar-refractivity contribution is 5.11. The molecule has 0 radical (unpaired) electrons. The molecule has 0 aromatic carbocycles. The third-order valence-corrected chi connectivity index (χ3v) is 14.1. The van der Waals surface area contributed by atoms with E-state index < -0.39 is 0 Å². The Morgan fingerprint density at radius 1 is 0.706 bits per heavy atom. The SMILES string of the molecule is C[C@H](CC[C@H](C)C(C)(C)C)[C@H]1CC[C@H]2[C@@H]3CC[C@@H]4C[C@](C)(C(C)(C)C)CC[C@]4(C)[C@H]3CC[C@]12C. The minimum absolute atomic E-state index is 0.440. The quantitative estimate of drug-likeness (QED) is 0.383. The first-order valence-electron chi connectivity index (χ1n) is 15.5. The van der Waals surface area contributed by atoms with Crippen molar-refractivity contribution in [1.29, 1.82) is 0 Å². The molecule has 0 heterocycles. The summed E-state index contributed by atoms with van der Waals surface area (Å²) in [6.45, 7) is 28.1. The van der Waals surface area contributed by atoms with E-state index in [2.05, 4.69) is 76.2 Å². The van der Waals surface area contributed by atoms with Crippen LogP contribution < -0.4 is 0 Å². The van der Waals surface area contributed by atoms with Crippen molar-refractivity contribution >= 4 is 0 Å². The normalized spacial score (nSPS) is 46.9. The minimum Gasteiger partial charge on any atom is -0.0622 e. The first-order valence-corrected chi connectivity index (χ1v) is 15.5. The standard InChI is InChI=1S/C34H62/c1-23(12-13-24(2)30(3,4)5)27-16-17-28-26-15-14-25-22-32(9,31(6,7)8)20-21-33(25,10)29(26)18-19-34(27,28)11/h23-29H,12-22H2,1-11H3/t23-,24+,25-,26+,27-,28+,29+,32-,33+,34-/m1/s1. The zero-order valence-corrected chi connectivity index (χ0v) is 25.3. The van der Waals surface area contributed by atoms with E-state index in [0.717, 1.165) is 41.4 Å². The first-order chi connectivity index (χ1) is 15.5. The maximum Gasteiger partial charge on any atom is -0.0264 e. The Balaban J connectivity index is 1.46. The Labute approximate surface area is 215 Å². The Morgan fingerprint density at radius 3 is 1.97 bits per heavy atom. The van der Waals surface area contributed by atoms with Gasteiger partial charge in [0.2, 0.25) is 0 Å². The van der Waals surface area contributed by atoms with Gasteiger partial charge in [-0.2, -0.15) is 0 Å². The summed E-state index contributed by atoms with van der Waals surface area (Å²) in [5, 5.41) is 0. The molecule has 0 aliphatic heterocycles. The van der Waals surface area contributed by atoms with Crippen molar-refractivity contribution in [2.75, 3.05) is 0 Å². The van der Waals surface area contributed by atoms with Gasteiger partial charge in [0, 0.05) is 0 Å². The van der Waals surface area contributed by atoms with Gasteiger partial charge in [-0.15, -0.1) is 0 Å². The van der Waals surface area contributed by atoms with Gasteiger partial charge in [0.1, 0.15) is 0 Å². The van der Waals surface area contributed by atoms with E-state index in [-0.39, 0.29) is 0 Å². The van der Waals surface area contributed by atoms with Crippen LogP contribution in [-0.4, -0.2) is 0 Å². The van der Waals surface area contributed by atoms with E-state index in [4.69, 9.17) is 0 Å². The van der Waals surface area contributed by atoms with Crippen LogP contribution in [0.5, 0.6) is 0 Å². The zero-order chi connectivity index (χ0) is 25.3. The molecule has 0 N–H and O–H groups in total. The summed E-state index contributed by atoms with van der Waals surface area (Å²) in [5.74, 6) is 6.76. The lowest BCUT2D eigenvalue weighted by Crippen LogP contribution is -2.55. The number of rotatable bonds is 4. The predicted octanol–water partition coefficient (Wildman–Crippen LogP) is 10.8. The van der Waals surface area contributed by atoms with Gasteiger partial charge in [0.05, 0.1) is 0 Å². The largest absolute Gasteiger partial charge is 0.0622 e. The predicted molar refractivity (Wildman–Crippen MR) is 150 cm³/mol. The van der Waals surface area contributed by atoms with Crippen LogP contribution in [0.25, 0.3) is 0 Å². The first kappa shape index (κ1) is 27.0. The molecular weight excluding hydrogens is 408 g/mol. The fourth-order valence-corrected chi connectivity index (χ4v) is 10.3. The van der Waals surface area contributed by atoms with E-state index >= 15 is 0 Å². The van der Waals surface area contributed by atoms with Gasteiger partial charge in [-0.1, -0.05) is 82.6 Å². The highest BCUT2D eigenvalue weighted by Crippen LogP contribution is 2.70. The summed E-state index contributed by atoms with van der Waals surface area (Å²) >= 11 is 0. The molecule has 0 saturated heterocycles. The minimum atomic E-state index is 0.440. The van der Waals surface area contributed by atoms with E-state index in [1.54, 1.807) is 19.3 Å². The van der Waals surface area contributed by atoms with Gasteiger partial charge in [-0.05, 0) is 133 Å². The van der Waals surface area contributed by atoms with Crippen molar-refractivity contribution in [3.63, 3.8) is 0 Å². The van der Waals surface area contributed by atoms with Crippen molar-refractivity contribution in [1.82, 2.24) is 0 Å². The topological polar surface area (TPSA) is 0 Å². The summed E-state index contributed by atoms with van der Waals surface area (Å²) in [6, 6.07) is 0. The van der Waals surface area contributed by atoms with Gasteiger partial charge in [-0.3, -0.25) is 0 Å². The maximum atomic E-state index is 2.77. The number of fused-ring (bicyclic) bond motifs is 5. The molecule has 4 aliphatic carbocycles. The number of hydrogen-bond donors (Lipinski definition) is 0. The Hall–Kier alpha value is 0. The average molecular weight is 471 g/mol. The van der Waals surface area contributed by atoms with Crippen molar-refractivity contribution in [2.24, 2.45) is 68.5 Å². The third-order valence-electron chi connectivity index (χ3n) is 14.1. The summed E-state index contributed by atoms with van der Waals surface area (Å²) in [5.41, 5.74) is 2.68.